The van der Waals surface area contributed by atoms with E-state index < -0.39 is 30.2 Å². The monoisotopic (exact) mass is 365 g/mol. The van der Waals surface area contributed by atoms with Crippen LogP contribution in [0.25, 0.3) is 0 Å². The lowest BCUT2D eigenvalue weighted by Gasteiger charge is -2.10. The van der Waals surface area contributed by atoms with Gasteiger partial charge in [0.1, 0.15) is 0 Å². The minimum absolute atomic E-state index is 0.0934. The molecule has 2 aromatic rings. The SMILES string of the molecule is Cc1ccc(C(=O)OCC(=O)NCc2cccc(C(F)(F)F)c2)c(C)c1. The predicted octanol–water partition coefficient (Wildman–Crippen LogP) is 3.80. The van der Waals surface area contributed by atoms with Gasteiger partial charge in [0.25, 0.3) is 5.91 Å². The highest BCUT2D eigenvalue weighted by atomic mass is 19.4. The van der Waals surface area contributed by atoms with Crippen LogP contribution in [-0.4, -0.2) is 18.5 Å². The lowest BCUT2D eigenvalue weighted by molar-refractivity contribution is -0.137. The van der Waals surface area contributed by atoms with Crippen LogP contribution in [0.5, 0.6) is 0 Å². The Balaban J connectivity index is 1.87. The number of hydrogen-bond donors (Lipinski definition) is 1. The molecule has 0 fully saturated rings. The number of amides is 1. The zero-order valence-electron chi connectivity index (χ0n) is 14.3. The molecule has 0 bridgehead atoms. The number of carbonyl (C=O) groups excluding carboxylic acids is 2. The summed E-state index contributed by atoms with van der Waals surface area (Å²) in [5.74, 6) is -1.22. The highest BCUT2D eigenvalue weighted by Gasteiger charge is 2.30. The van der Waals surface area contributed by atoms with E-state index in [-0.39, 0.29) is 6.54 Å². The van der Waals surface area contributed by atoms with Gasteiger partial charge >= 0.3 is 12.1 Å². The van der Waals surface area contributed by atoms with Gasteiger partial charge in [-0.2, -0.15) is 13.2 Å². The fourth-order valence-electron chi connectivity index (χ4n) is 2.36. The molecule has 0 aliphatic rings. The second kappa shape index (κ2) is 8.03. The molecular formula is C19H18F3NO3. The lowest BCUT2D eigenvalue weighted by Crippen LogP contribution is -2.28. The third-order valence-electron chi connectivity index (χ3n) is 3.68. The van der Waals surface area contributed by atoms with Crippen LogP contribution in [0.15, 0.2) is 42.5 Å². The van der Waals surface area contributed by atoms with Gasteiger partial charge < -0.3 is 10.1 Å². The second-order valence-corrected chi connectivity index (χ2v) is 5.87. The summed E-state index contributed by atoms with van der Waals surface area (Å²) in [4.78, 5) is 23.7. The Labute approximate surface area is 149 Å². The highest BCUT2D eigenvalue weighted by molar-refractivity contribution is 5.92. The number of carbonyl (C=O) groups is 2. The molecule has 0 aliphatic heterocycles. The summed E-state index contributed by atoms with van der Waals surface area (Å²) in [5.41, 5.74) is 1.61. The number of rotatable bonds is 5. The van der Waals surface area contributed by atoms with E-state index in [1.54, 1.807) is 19.1 Å². The van der Waals surface area contributed by atoms with Crippen molar-refractivity contribution in [3.05, 3.63) is 70.3 Å². The zero-order chi connectivity index (χ0) is 19.3. The minimum Gasteiger partial charge on any atom is -0.452 e. The Bertz CT molecular complexity index is 816. The van der Waals surface area contributed by atoms with Gasteiger partial charge in [-0.25, -0.2) is 4.79 Å². The summed E-state index contributed by atoms with van der Waals surface area (Å²) in [6.07, 6.45) is -4.44. The van der Waals surface area contributed by atoms with E-state index in [0.717, 1.165) is 23.3 Å². The first-order chi connectivity index (χ1) is 12.2. The Hall–Kier alpha value is -2.83. The van der Waals surface area contributed by atoms with Crippen LogP contribution in [0.2, 0.25) is 0 Å². The van der Waals surface area contributed by atoms with Gasteiger partial charge in [0.15, 0.2) is 6.61 Å². The molecule has 2 aromatic carbocycles. The number of halogens is 3. The summed E-state index contributed by atoms with van der Waals surface area (Å²) in [6.45, 7) is 3.05. The molecule has 0 spiro atoms. The number of alkyl halides is 3. The van der Waals surface area contributed by atoms with Gasteiger partial charge in [-0.15, -0.1) is 0 Å². The maximum atomic E-state index is 12.7. The maximum Gasteiger partial charge on any atom is 0.416 e. The van der Waals surface area contributed by atoms with E-state index in [1.165, 1.54) is 12.1 Å². The molecule has 2 rings (SSSR count). The van der Waals surface area contributed by atoms with Crippen molar-refractivity contribution in [2.75, 3.05) is 6.61 Å². The van der Waals surface area contributed by atoms with Crippen molar-refractivity contribution in [1.82, 2.24) is 5.32 Å². The molecule has 1 amide bonds. The Morgan fingerprint density at radius 1 is 1.08 bits per heavy atom. The smallest absolute Gasteiger partial charge is 0.416 e. The quantitative estimate of drug-likeness (QED) is 0.820. The lowest BCUT2D eigenvalue weighted by atomic mass is 10.1. The summed E-state index contributed by atoms with van der Waals surface area (Å²) < 4.78 is 42.9. The van der Waals surface area contributed by atoms with Crippen LogP contribution in [-0.2, 0) is 22.3 Å². The van der Waals surface area contributed by atoms with Crippen LogP contribution in [0, 0.1) is 13.8 Å². The molecular weight excluding hydrogens is 347 g/mol. The highest BCUT2D eigenvalue weighted by Crippen LogP contribution is 2.29. The average Bonchev–Trinajstić information content (AvgIpc) is 2.57. The van der Waals surface area contributed by atoms with Crippen molar-refractivity contribution < 1.29 is 27.5 Å². The van der Waals surface area contributed by atoms with E-state index in [4.69, 9.17) is 4.74 Å². The molecule has 0 heterocycles. The largest absolute Gasteiger partial charge is 0.452 e. The Morgan fingerprint density at radius 3 is 2.46 bits per heavy atom. The van der Waals surface area contributed by atoms with E-state index >= 15 is 0 Å². The molecule has 0 radical (unpaired) electrons. The van der Waals surface area contributed by atoms with Crippen LogP contribution < -0.4 is 5.32 Å². The Kier molecular flexibility index (Phi) is 6.02. The van der Waals surface area contributed by atoms with Crippen molar-refractivity contribution in [3.63, 3.8) is 0 Å². The number of ether oxygens (including phenoxy) is 1. The van der Waals surface area contributed by atoms with Gasteiger partial charge in [-0.1, -0.05) is 29.8 Å². The summed E-state index contributed by atoms with van der Waals surface area (Å²) in [5, 5.41) is 2.42. The van der Waals surface area contributed by atoms with E-state index in [1.807, 2.05) is 13.0 Å². The molecule has 7 heteroatoms. The molecule has 0 saturated carbocycles. The number of nitrogens with one attached hydrogen (secondary N) is 1. The Morgan fingerprint density at radius 2 is 1.81 bits per heavy atom. The fourth-order valence-corrected chi connectivity index (χ4v) is 2.36. The van der Waals surface area contributed by atoms with Crippen LogP contribution >= 0.6 is 0 Å². The standard InChI is InChI=1S/C19H18F3NO3/c1-12-6-7-16(13(2)8-12)18(25)26-11-17(24)23-10-14-4-3-5-15(9-14)19(20,21)22/h3-9H,10-11H2,1-2H3,(H,23,24). The molecule has 0 saturated heterocycles. The van der Waals surface area contributed by atoms with Gasteiger partial charge in [0.2, 0.25) is 0 Å². The third-order valence-corrected chi connectivity index (χ3v) is 3.68. The number of esters is 1. The predicted molar refractivity (Wildman–Crippen MR) is 89.5 cm³/mol. The number of benzene rings is 2. The molecule has 0 aromatic heterocycles. The second-order valence-electron chi connectivity index (χ2n) is 5.87. The van der Waals surface area contributed by atoms with Crippen LogP contribution in [0.3, 0.4) is 0 Å². The zero-order valence-corrected chi connectivity index (χ0v) is 14.3. The molecule has 0 atom stereocenters. The van der Waals surface area contributed by atoms with Crippen LogP contribution in [0.4, 0.5) is 13.2 Å². The van der Waals surface area contributed by atoms with Gasteiger partial charge in [0, 0.05) is 6.54 Å². The van der Waals surface area contributed by atoms with Crippen molar-refractivity contribution in [1.29, 1.82) is 0 Å². The summed E-state index contributed by atoms with van der Waals surface area (Å²) in [7, 11) is 0. The first-order valence-electron chi connectivity index (χ1n) is 7.84. The van der Waals surface area contributed by atoms with Gasteiger partial charge in [0.05, 0.1) is 11.1 Å². The molecule has 26 heavy (non-hydrogen) atoms. The maximum absolute atomic E-state index is 12.7. The number of aryl methyl sites for hydroxylation is 2. The summed E-state index contributed by atoms with van der Waals surface area (Å²) >= 11 is 0. The molecule has 138 valence electrons. The fraction of sp³-hybridized carbons (Fsp3) is 0.263. The minimum atomic E-state index is -4.44. The summed E-state index contributed by atoms with van der Waals surface area (Å²) in [6, 6.07) is 9.86. The van der Waals surface area contributed by atoms with Crippen molar-refractivity contribution in [2.45, 2.75) is 26.6 Å². The molecule has 1 N–H and O–H groups in total. The van der Waals surface area contributed by atoms with E-state index in [0.29, 0.717) is 11.1 Å². The van der Waals surface area contributed by atoms with Crippen molar-refractivity contribution >= 4 is 11.9 Å². The van der Waals surface area contributed by atoms with E-state index in [2.05, 4.69) is 5.32 Å². The molecule has 4 nitrogen and oxygen atoms in total. The topological polar surface area (TPSA) is 55.4 Å². The van der Waals surface area contributed by atoms with Crippen molar-refractivity contribution in [2.24, 2.45) is 0 Å². The third kappa shape index (κ3) is 5.34. The molecule has 0 unspecified atom stereocenters. The van der Waals surface area contributed by atoms with Gasteiger partial charge in [-0.3, -0.25) is 4.79 Å². The first-order valence-corrected chi connectivity index (χ1v) is 7.84. The normalized spacial score (nSPS) is 11.1. The van der Waals surface area contributed by atoms with Gasteiger partial charge in [-0.05, 0) is 43.2 Å². The van der Waals surface area contributed by atoms with Crippen molar-refractivity contribution in [3.8, 4) is 0 Å². The van der Waals surface area contributed by atoms with Crippen LogP contribution in [0.1, 0.15) is 32.6 Å². The number of hydrogen-bond acceptors (Lipinski definition) is 3. The average molecular weight is 365 g/mol. The van der Waals surface area contributed by atoms with E-state index in [9.17, 15) is 22.8 Å². The first kappa shape index (κ1) is 19.5. The molecule has 0 aliphatic carbocycles.